The van der Waals surface area contributed by atoms with Crippen LogP contribution in [0.15, 0.2) is 35.1 Å². The molecule has 15 heavy (non-hydrogen) atoms. The molecule has 0 bridgehead atoms. The average molecular weight is 264 g/mol. The molecule has 0 atom stereocenters. The molecule has 76 valence electrons. The topological polar surface area (TPSA) is 51.8 Å². The Morgan fingerprint density at radius 3 is 2.67 bits per heavy atom. The number of rotatable bonds is 1. The van der Waals surface area contributed by atoms with E-state index in [1.54, 1.807) is 0 Å². The van der Waals surface area contributed by atoms with Gasteiger partial charge in [-0.05, 0) is 13.0 Å². The lowest BCUT2D eigenvalue weighted by atomic mass is 10.1. The first kappa shape index (κ1) is 10.1. The second kappa shape index (κ2) is 3.98. The maximum atomic E-state index is 5.74. The summed E-state index contributed by atoms with van der Waals surface area (Å²) in [6, 6.07) is 7.91. The van der Waals surface area contributed by atoms with Gasteiger partial charge < -0.3 is 5.73 Å². The van der Waals surface area contributed by atoms with Crippen molar-refractivity contribution in [2.24, 2.45) is 0 Å². The fourth-order valence-electron chi connectivity index (χ4n) is 1.39. The fraction of sp³-hybridized carbons (Fsp3) is 0.0909. The minimum Gasteiger partial charge on any atom is -0.383 e. The van der Waals surface area contributed by atoms with E-state index in [1.807, 2.05) is 31.2 Å². The summed E-state index contributed by atoms with van der Waals surface area (Å²) in [4.78, 5) is 8.19. The van der Waals surface area contributed by atoms with Crippen molar-refractivity contribution in [3.8, 4) is 11.3 Å². The molecule has 0 aliphatic heterocycles. The third kappa shape index (κ3) is 1.85. The van der Waals surface area contributed by atoms with Crippen molar-refractivity contribution in [2.45, 2.75) is 6.92 Å². The normalized spacial score (nSPS) is 10.3. The van der Waals surface area contributed by atoms with Crippen molar-refractivity contribution in [2.75, 3.05) is 5.73 Å². The van der Waals surface area contributed by atoms with Gasteiger partial charge in [0.25, 0.3) is 0 Å². The molecule has 0 aliphatic carbocycles. The minimum absolute atomic E-state index is 0.524. The third-order valence-corrected chi connectivity index (χ3v) is 2.94. The van der Waals surface area contributed by atoms with Crippen LogP contribution in [-0.2, 0) is 0 Å². The van der Waals surface area contributed by atoms with Crippen LogP contribution >= 0.6 is 15.9 Å². The van der Waals surface area contributed by atoms with E-state index in [-0.39, 0.29) is 0 Å². The highest BCUT2D eigenvalue weighted by atomic mass is 79.9. The highest BCUT2D eigenvalue weighted by Gasteiger charge is 2.08. The predicted octanol–water partition coefficient (Wildman–Crippen LogP) is 2.80. The second-order valence-corrected chi connectivity index (χ2v) is 4.07. The molecule has 0 amide bonds. The summed E-state index contributed by atoms with van der Waals surface area (Å²) in [6.45, 7) is 1.92. The molecule has 2 aromatic rings. The summed E-state index contributed by atoms with van der Waals surface area (Å²) in [5.74, 6) is 0.524. The van der Waals surface area contributed by atoms with Crippen molar-refractivity contribution in [1.29, 1.82) is 0 Å². The first-order valence-corrected chi connectivity index (χ1v) is 5.31. The molecule has 2 rings (SSSR count). The molecule has 1 aromatic heterocycles. The van der Waals surface area contributed by atoms with Gasteiger partial charge in [-0.1, -0.05) is 34.1 Å². The van der Waals surface area contributed by atoms with Crippen LogP contribution in [0.1, 0.15) is 5.56 Å². The van der Waals surface area contributed by atoms with Gasteiger partial charge >= 0.3 is 0 Å². The van der Waals surface area contributed by atoms with E-state index >= 15 is 0 Å². The number of benzene rings is 1. The molecular formula is C11H10BrN3. The third-order valence-electron chi connectivity index (χ3n) is 2.25. The van der Waals surface area contributed by atoms with Crippen molar-refractivity contribution >= 4 is 21.7 Å². The molecule has 0 unspecified atom stereocenters. The Kier molecular flexibility index (Phi) is 2.68. The highest BCUT2D eigenvalue weighted by molar-refractivity contribution is 9.10. The average Bonchev–Trinajstić information content (AvgIpc) is 2.23. The molecule has 0 saturated carbocycles. The van der Waals surface area contributed by atoms with Crippen LogP contribution in [0.25, 0.3) is 11.3 Å². The van der Waals surface area contributed by atoms with Crippen molar-refractivity contribution in [3.05, 3.63) is 40.6 Å². The predicted molar refractivity (Wildman–Crippen MR) is 64.3 cm³/mol. The molecule has 3 nitrogen and oxygen atoms in total. The first-order chi connectivity index (χ1) is 7.20. The zero-order chi connectivity index (χ0) is 10.8. The standard InChI is InChI=1S/C11H10BrN3/c1-7-10(14-6-15-11(7)13)8-4-2-3-5-9(8)12/h2-6H,1H3,(H2,13,14,15). The molecule has 4 heteroatoms. The van der Waals surface area contributed by atoms with Gasteiger partial charge in [-0.2, -0.15) is 0 Å². The number of hydrogen-bond donors (Lipinski definition) is 1. The Morgan fingerprint density at radius 1 is 1.20 bits per heavy atom. The van der Waals surface area contributed by atoms with Crippen molar-refractivity contribution in [3.63, 3.8) is 0 Å². The number of nitrogens with zero attached hydrogens (tertiary/aromatic N) is 2. The Labute approximate surface area is 96.5 Å². The van der Waals surface area contributed by atoms with E-state index in [9.17, 15) is 0 Å². The highest BCUT2D eigenvalue weighted by Crippen LogP contribution is 2.29. The van der Waals surface area contributed by atoms with Gasteiger partial charge in [0, 0.05) is 15.6 Å². The minimum atomic E-state index is 0.524. The summed E-state index contributed by atoms with van der Waals surface area (Å²) < 4.78 is 1.01. The van der Waals surface area contributed by atoms with Crippen LogP contribution in [0.2, 0.25) is 0 Å². The first-order valence-electron chi connectivity index (χ1n) is 4.52. The number of nitrogens with two attached hydrogens (primary N) is 1. The van der Waals surface area contributed by atoms with Crippen molar-refractivity contribution < 1.29 is 0 Å². The smallest absolute Gasteiger partial charge is 0.130 e. The van der Waals surface area contributed by atoms with Gasteiger partial charge in [-0.15, -0.1) is 0 Å². The lowest BCUT2D eigenvalue weighted by molar-refractivity contribution is 1.14. The number of nitrogen functional groups attached to an aromatic ring is 1. The van der Waals surface area contributed by atoms with Crippen LogP contribution in [-0.4, -0.2) is 9.97 Å². The molecule has 0 radical (unpaired) electrons. The fourth-order valence-corrected chi connectivity index (χ4v) is 1.86. The Morgan fingerprint density at radius 2 is 1.93 bits per heavy atom. The molecule has 1 heterocycles. The summed E-state index contributed by atoms with van der Waals surface area (Å²) >= 11 is 3.49. The van der Waals surface area contributed by atoms with E-state index in [1.165, 1.54) is 6.33 Å². The Hall–Kier alpha value is -1.42. The summed E-state index contributed by atoms with van der Waals surface area (Å²) in [6.07, 6.45) is 1.48. The quantitative estimate of drug-likeness (QED) is 0.861. The number of hydrogen-bond acceptors (Lipinski definition) is 3. The monoisotopic (exact) mass is 263 g/mol. The molecule has 0 spiro atoms. The molecule has 2 N–H and O–H groups in total. The Bertz CT molecular complexity index is 497. The van der Waals surface area contributed by atoms with Crippen molar-refractivity contribution in [1.82, 2.24) is 9.97 Å². The van der Waals surface area contributed by atoms with Gasteiger partial charge in [0.15, 0.2) is 0 Å². The maximum Gasteiger partial charge on any atom is 0.130 e. The van der Waals surface area contributed by atoms with Crippen LogP contribution in [0.5, 0.6) is 0 Å². The van der Waals surface area contributed by atoms with Gasteiger partial charge in [-0.3, -0.25) is 0 Å². The van der Waals surface area contributed by atoms with Crippen LogP contribution < -0.4 is 5.73 Å². The summed E-state index contributed by atoms with van der Waals surface area (Å²) in [5.41, 5.74) is 8.55. The van der Waals surface area contributed by atoms with Gasteiger partial charge in [-0.25, -0.2) is 9.97 Å². The second-order valence-electron chi connectivity index (χ2n) is 3.21. The molecular weight excluding hydrogens is 254 g/mol. The molecule has 1 aromatic carbocycles. The number of anilines is 1. The summed E-state index contributed by atoms with van der Waals surface area (Å²) in [5, 5.41) is 0. The van der Waals surface area contributed by atoms with Crippen LogP contribution in [0.4, 0.5) is 5.82 Å². The van der Waals surface area contributed by atoms with E-state index in [0.717, 1.165) is 21.3 Å². The lowest BCUT2D eigenvalue weighted by Crippen LogP contribution is -1.98. The zero-order valence-electron chi connectivity index (χ0n) is 8.24. The van der Waals surface area contributed by atoms with E-state index < -0.39 is 0 Å². The van der Waals surface area contributed by atoms with Gasteiger partial charge in [0.05, 0.1) is 5.69 Å². The zero-order valence-corrected chi connectivity index (χ0v) is 9.82. The van der Waals surface area contributed by atoms with E-state index in [2.05, 4.69) is 25.9 Å². The largest absolute Gasteiger partial charge is 0.383 e. The summed E-state index contributed by atoms with van der Waals surface area (Å²) in [7, 11) is 0. The number of halogens is 1. The number of aromatic nitrogens is 2. The molecule has 0 fully saturated rings. The van der Waals surface area contributed by atoms with Crippen LogP contribution in [0.3, 0.4) is 0 Å². The van der Waals surface area contributed by atoms with E-state index in [4.69, 9.17) is 5.73 Å². The maximum absolute atomic E-state index is 5.74. The van der Waals surface area contributed by atoms with Gasteiger partial charge in [0.2, 0.25) is 0 Å². The Balaban J connectivity index is 2.65. The molecule has 0 aliphatic rings. The lowest BCUT2D eigenvalue weighted by Gasteiger charge is -2.07. The molecule has 0 saturated heterocycles. The SMILES string of the molecule is Cc1c(N)ncnc1-c1ccccc1Br. The van der Waals surface area contributed by atoms with E-state index in [0.29, 0.717) is 5.82 Å². The van der Waals surface area contributed by atoms with Gasteiger partial charge in [0.1, 0.15) is 12.1 Å². The van der Waals surface area contributed by atoms with Crippen LogP contribution in [0, 0.1) is 6.92 Å².